The molecule has 270 valence electrons. The van der Waals surface area contributed by atoms with E-state index in [1.165, 1.54) is 7.11 Å². The van der Waals surface area contributed by atoms with Gasteiger partial charge in [-0.05, 0) is 56.1 Å². The standard InChI is InChI=1S/C19H30N4O4.C16H23N3O3/c1-26-18-14-15(2-3-17(18)20)19(25)22-16-4-8-23(9-5-16)10-6-21-7-12-27-13-11-24;1-17-14-7-4-6-12(11-21)13(14)10-19(3)15(8-5-9-20)16(22)18-2/h2-3,11,14,16,21H,4-10,12-13,20H2,1H3,(H,22,25);4,6-7,9,11,15,17H,5,8,10H2,1-3H3,(H,18,22). The number of hydrogen-bond acceptors (Lipinski definition) is 12. The fourth-order valence-electron chi connectivity index (χ4n) is 5.49. The number of methoxy groups -OCH3 is 1. The van der Waals surface area contributed by atoms with Crippen LogP contribution >= 0.6 is 0 Å². The molecule has 1 unspecified atom stereocenters. The van der Waals surface area contributed by atoms with Gasteiger partial charge in [-0.3, -0.25) is 19.3 Å². The molecule has 0 bridgehead atoms. The molecule has 1 aliphatic heterocycles. The number of piperidine rings is 1. The van der Waals surface area contributed by atoms with Crippen LogP contribution < -0.4 is 31.7 Å². The molecule has 1 fully saturated rings. The summed E-state index contributed by atoms with van der Waals surface area (Å²) in [5.74, 6) is 0.282. The topological polar surface area (TPSA) is 184 Å². The van der Waals surface area contributed by atoms with E-state index in [9.17, 15) is 24.0 Å². The zero-order valence-electron chi connectivity index (χ0n) is 29.2. The first-order valence-electron chi connectivity index (χ1n) is 16.5. The minimum atomic E-state index is -0.417. The minimum absolute atomic E-state index is 0.0938. The van der Waals surface area contributed by atoms with Crippen molar-refractivity contribution in [3.8, 4) is 5.75 Å². The molecule has 0 aliphatic carbocycles. The number of anilines is 2. The van der Waals surface area contributed by atoms with Crippen LogP contribution in [0.2, 0.25) is 0 Å². The number of likely N-dealkylation sites (tertiary alicyclic amines) is 1. The molecule has 3 rings (SSSR count). The van der Waals surface area contributed by atoms with E-state index in [0.29, 0.717) is 48.6 Å². The van der Waals surface area contributed by atoms with Crippen LogP contribution in [0.25, 0.3) is 0 Å². The van der Waals surface area contributed by atoms with E-state index >= 15 is 0 Å². The molecule has 1 aliphatic rings. The molecule has 0 radical (unpaired) electrons. The lowest BCUT2D eigenvalue weighted by Crippen LogP contribution is -2.46. The number of nitrogen functional groups attached to an aromatic ring is 1. The number of rotatable bonds is 20. The number of amides is 2. The highest BCUT2D eigenvalue weighted by Crippen LogP contribution is 2.23. The fourth-order valence-corrected chi connectivity index (χ4v) is 5.49. The highest BCUT2D eigenvalue weighted by atomic mass is 16.5. The lowest BCUT2D eigenvalue weighted by Gasteiger charge is -2.32. The number of nitrogens with two attached hydrogens (primary N) is 1. The van der Waals surface area contributed by atoms with Gasteiger partial charge in [0.05, 0.1) is 25.4 Å². The average Bonchev–Trinajstić information content (AvgIpc) is 3.12. The lowest BCUT2D eigenvalue weighted by molar-refractivity contribution is -0.126. The van der Waals surface area contributed by atoms with E-state index in [0.717, 1.165) is 75.7 Å². The maximum atomic E-state index is 12.4. The number of carbonyl (C=O) groups excluding carboxylic acids is 5. The van der Waals surface area contributed by atoms with Crippen molar-refractivity contribution in [1.29, 1.82) is 0 Å². The van der Waals surface area contributed by atoms with Gasteiger partial charge in [-0.1, -0.05) is 12.1 Å². The van der Waals surface area contributed by atoms with Crippen LogP contribution in [-0.2, 0) is 25.7 Å². The normalized spacial score (nSPS) is 13.8. The second-order valence-corrected chi connectivity index (χ2v) is 11.6. The molecule has 49 heavy (non-hydrogen) atoms. The maximum Gasteiger partial charge on any atom is 0.251 e. The Bertz CT molecular complexity index is 1340. The van der Waals surface area contributed by atoms with E-state index in [-0.39, 0.29) is 24.5 Å². The van der Waals surface area contributed by atoms with Crippen molar-refractivity contribution in [1.82, 2.24) is 25.8 Å². The third-order valence-corrected chi connectivity index (χ3v) is 8.29. The molecule has 14 nitrogen and oxygen atoms in total. The Morgan fingerprint density at radius 3 is 2.47 bits per heavy atom. The van der Waals surface area contributed by atoms with Gasteiger partial charge in [0.25, 0.3) is 5.91 Å². The summed E-state index contributed by atoms with van der Waals surface area (Å²) in [4.78, 5) is 60.6. The molecular weight excluding hydrogens is 630 g/mol. The molecule has 2 aromatic rings. The van der Waals surface area contributed by atoms with Crippen molar-refractivity contribution in [3.63, 3.8) is 0 Å². The zero-order valence-corrected chi connectivity index (χ0v) is 29.2. The largest absolute Gasteiger partial charge is 0.495 e. The van der Waals surface area contributed by atoms with Gasteiger partial charge in [-0.2, -0.15) is 0 Å². The second kappa shape index (κ2) is 23.1. The Morgan fingerprint density at radius 2 is 1.84 bits per heavy atom. The SMILES string of the molecule is CNC(=O)C(CCC=O)N(C)Cc1c(C=O)cccc1NC.COc1cc(C(=O)NC2CCN(CCNCCOCC=O)CC2)ccc1N. The van der Waals surface area contributed by atoms with Crippen LogP contribution in [0.1, 0.15) is 52.0 Å². The first-order chi connectivity index (χ1) is 23.7. The van der Waals surface area contributed by atoms with Crippen molar-refractivity contribution in [2.24, 2.45) is 0 Å². The van der Waals surface area contributed by atoms with Gasteiger partial charge in [-0.25, -0.2) is 0 Å². The van der Waals surface area contributed by atoms with Crippen molar-refractivity contribution in [2.45, 2.75) is 44.3 Å². The Hall–Kier alpha value is -4.37. The molecule has 6 N–H and O–H groups in total. The fraction of sp³-hybridized carbons (Fsp3) is 0.514. The highest BCUT2D eigenvalue weighted by molar-refractivity contribution is 5.95. The monoisotopic (exact) mass is 683 g/mol. The zero-order chi connectivity index (χ0) is 36.0. The predicted molar refractivity (Wildman–Crippen MR) is 190 cm³/mol. The molecule has 2 aromatic carbocycles. The Morgan fingerprint density at radius 1 is 1.08 bits per heavy atom. The van der Waals surface area contributed by atoms with Crippen LogP contribution in [0.15, 0.2) is 36.4 Å². The summed E-state index contributed by atoms with van der Waals surface area (Å²) in [6, 6.07) is 10.3. The number of carbonyl (C=O) groups is 5. The van der Waals surface area contributed by atoms with Gasteiger partial charge in [0.15, 0.2) is 0 Å². The van der Waals surface area contributed by atoms with Crippen molar-refractivity contribution >= 4 is 42.0 Å². The highest BCUT2D eigenvalue weighted by Gasteiger charge is 2.24. The van der Waals surface area contributed by atoms with E-state index in [2.05, 4.69) is 26.2 Å². The van der Waals surface area contributed by atoms with E-state index in [4.69, 9.17) is 15.2 Å². The first kappa shape index (κ1) is 40.8. The number of benzene rings is 2. The number of hydrogen-bond donors (Lipinski definition) is 5. The average molecular weight is 684 g/mol. The molecule has 2 amide bonds. The molecule has 1 heterocycles. The number of likely N-dealkylation sites (N-methyl/N-ethyl adjacent to an activating group) is 2. The van der Waals surface area contributed by atoms with Crippen molar-refractivity contribution in [3.05, 3.63) is 53.1 Å². The van der Waals surface area contributed by atoms with Crippen LogP contribution in [0.3, 0.4) is 0 Å². The van der Waals surface area contributed by atoms with Crippen LogP contribution in [0, 0.1) is 0 Å². The summed E-state index contributed by atoms with van der Waals surface area (Å²) in [7, 11) is 6.71. The van der Waals surface area contributed by atoms with E-state index in [1.807, 2.05) is 24.1 Å². The third kappa shape index (κ3) is 13.9. The Kier molecular flexibility index (Phi) is 19.2. The van der Waals surface area contributed by atoms with Gasteiger partial charge in [0.2, 0.25) is 5.91 Å². The number of ether oxygens (including phenoxy) is 2. The molecule has 1 atom stereocenters. The summed E-state index contributed by atoms with van der Waals surface area (Å²) < 4.78 is 10.3. The lowest BCUT2D eigenvalue weighted by atomic mass is 10.0. The van der Waals surface area contributed by atoms with E-state index in [1.54, 1.807) is 38.4 Å². The predicted octanol–water partition coefficient (Wildman–Crippen LogP) is 1.34. The Labute approximate surface area is 289 Å². The van der Waals surface area contributed by atoms with Crippen LogP contribution in [-0.4, -0.2) is 127 Å². The number of nitrogens with zero attached hydrogens (tertiary/aromatic N) is 2. The Balaban J connectivity index is 0.000000348. The summed E-state index contributed by atoms with van der Waals surface area (Å²) in [6.07, 6.45) is 4.99. The van der Waals surface area contributed by atoms with Gasteiger partial charge >= 0.3 is 0 Å². The third-order valence-electron chi connectivity index (χ3n) is 8.29. The first-order valence-corrected chi connectivity index (χ1v) is 16.5. The van der Waals surface area contributed by atoms with Crippen molar-refractivity contribution < 1.29 is 33.4 Å². The molecule has 0 saturated carbocycles. The van der Waals surface area contributed by atoms with Gasteiger partial charge in [-0.15, -0.1) is 0 Å². The summed E-state index contributed by atoms with van der Waals surface area (Å²) in [5.41, 5.74) is 9.14. The van der Waals surface area contributed by atoms with Crippen LogP contribution in [0.4, 0.5) is 11.4 Å². The number of nitrogens with one attached hydrogen (secondary N) is 4. The summed E-state index contributed by atoms with van der Waals surface area (Å²) >= 11 is 0. The number of aldehydes is 3. The second-order valence-electron chi connectivity index (χ2n) is 11.6. The minimum Gasteiger partial charge on any atom is -0.495 e. The van der Waals surface area contributed by atoms with Gasteiger partial charge in [0, 0.05) is 82.6 Å². The quantitative estimate of drug-likeness (QED) is 0.0768. The molecular formula is C35H53N7O7. The summed E-state index contributed by atoms with van der Waals surface area (Å²) in [5, 5.41) is 12.1. The molecule has 0 aromatic heterocycles. The molecule has 14 heteroatoms. The maximum absolute atomic E-state index is 12.4. The smallest absolute Gasteiger partial charge is 0.251 e. The summed E-state index contributed by atoms with van der Waals surface area (Å²) in [6.45, 7) is 5.63. The van der Waals surface area contributed by atoms with Gasteiger partial charge in [0.1, 0.15) is 31.2 Å². The molecule has 1 saturated heterocycles. The van der Waals surface area contributed by atoms with Crippen LogP contribution in [0.5, 0.6) is 5.75 Å². The van der Waals surface area contributed by atoms with Gasteiger partial charge < -0.3 is 51.0 Å². The van der Waals surface area contributed by atoms with Crippen molar-refractivity contribution in [2.75, 3.05) is 85.2 Å². The van der Waals surface area contributed by atoms with E-state index < -0.39 is 6.04 Å². The molecule has 0 spiro atoms.